The first kappa shape index (κ1) is 16.6. The molecule has 2 amide bonds. The highest BCUT2D eigenvalue weighted by Crippen LogP contribution is 2.28. The van der Waals surface area contributed by atoms with Gasteiger partial charge in [-0.1, -0.05) is 0 Å². The van der Waals surface area contributed by atoms with E-state index in [0.29, 0.717) is 0 Å². The Morgan fingerprint density at radius 2 is 1.86 bits per heavy atom. The minimum atomic E-state index is -4.85. The monoisotopic (exact) mass is 305 g/mol. The normalized spacial score (nSPS) is 10.9. The zero-order chi connectivity index (χ0) is 16.0. The molecule has 0 aromatic heterocycles. The van der Waals surface area contributed by atoms with Gasteiger partial charge in [-0.3, -0.25) is 9.59 Å². The van der Waals surface area contributed by atoms with Gasteiger partial charge < -0.3 is 21.1 Å². The highest BCUT2D eigenvalue weighted by Gasteiger charge is 2.32. The van der Waals surface area contributed by atoms with E-state index in [2.05, 4.69) is 15.4 Å². The summed E-state index contributed by atoms with van der Waals surface area (Å²) in [5.41, 5.74) is 5.18. The van der Waals surface area contributed by atoms with Crippen LogP contribution in [0.2, 0.25) is 0 Å². The predicted molar refractivity (Wildman–Crippen MR) is 68.6 cm³/mol. The third-order valence-corrected chi connectivity index (χ3v) is 2.28. The third-order valence-electron chi connectivity index (χ3n) is 2.28. The van der Waals surface area contributed by atoms with Crippen LogP contribution in [0, 0.1) is 0 Å². The minimum Gasteiger partial charge on any atom is -0.404 e. The van der Waals surface area contributed by atoms with Gasteiger partial charge in [-0.15, -0.1) is 13.2 Å². The Morgan fingerprint density at radius 3 is 2.38 bits per heavy atom. The van der Waals surface area contributed by atoms with E-state index >= 15 is 0 Å². The van der Waals surface area contributed by atoms with Crippen molar-refractivity contribution < 1.29 is 27.5 Å². The Bertz CT molecular complexity index is 532. The van der Waals surface area contributed by atoms with Gasteiger partial charge in [0.05, 0.1) is 5.69 Å². The molecule has 0 aliphatic rings. The molecule has 21 heavy (non-hydrogen) atoms. The van der Waals surface area contributed by atoms with Crippen molar-refractivity contribution in [2.24, 2.45) is 0 Å². The number of hydrogen-bond acceptors (Lipinski definition) is 4. The summed E-state index contributed by atoms with van der Waals surface area (Å²) in [4.78, 5) is 22.3. The van der Waals surface area contributed by atoms with Crippen LogP contribution >= 0.6 is 0 Å². The summed E-state index contributed by atoms with van der Waals surface area (Å²) < 4.78 is 39.9. The Kier molecular flexibility index (Phi) is 5.39. The molecule has 0 spiro atoms. The molecule has 0 bridgehead atoms. The molecule has 0 atom stereocenters. The van der Waals surface area contributed by atoms with E-state index in [9.17, 15) is 22.8 Å². The van der Waals surface area contributed by atoms with Gasteiger partial charge in [0, 0.05) is 25.6 Å². The number of hydrogen-bond donors (Lipinski definition) is 3. The van der Waals surface area contributed by atoms with Crippen molar-refractivity contribution in [2.75, 3.05) is 18.8 Å². The number of nitrogens with two attached hydrogens (primary N) is 1. The second kappa shape index (κ2) is 6.82. The van der Waals surface area contributed by atoms with Crippen molar-refractivity contribution in [1.82, 2.24) is 10.6 Å². The molecule has 4 N–H and O–H groups in total. The number of alkyl halides is 3. The van der Waals surface area contributed by atoms with Crippen LogP contribution in [-0.2, 0) is 4.79 Å². The van der Waals surface area contributed by atoms with Gasteiger partial charge in [-0.25, -0.2) is 0 Å². The van der Waals surface area contributed by atoms with Crippen LogP contribution in [0.1, 0.15) is 17.3 Å². The summed E-state index contributed by atoms with van der Waals surface area (Å²) >= 11 is 0. The SMILES string of the molecule is CC(=O)NCCNC(=O)c1ccc(OC(F)(F)F)c(N)c1. The summed E-state index contributed by atoms with van der Waals surface area (Å²) in [5.74, 6) is -1.33. The van der Waals surface area contributed by atoms with Crippen LogP contribution in [0.25, 0.3) is 0 Å². The van der Waals surface area contributed by atoms with E-state index in [4.69, 9.17) is 5.73 Å². The fourth-order valence-corrected chi connectivity index (χ4v) is 1.42. The molecule has 0 aliphatic heterocycles. The molecular weight excluding hydrogens is 291 g/mol. The van der Waals surface area contributed by atoms with Gasteiger partial charge in [0.25, 0.3) is 5.91 Å². The molecule has 116 valence electrons. The van der Waals surface area contributed by atoms with Gasteiger partial charge >= 0.3 is 6.36 Å². The van der Waals surface area contributed by atoms with Gasteiger partial charge in [0.2, 0.25) is 5.91 Å². The standard InChI is InChI=1S/C12H14F3N3O3/c1-7(19)17-4-5-18-11(20)8-2-3-10(9(16)6-8)21-12(13,14)15/h2-3,6H,4-5,16H2,1H3,(H,17,19)(H,18,20). The number of amides is 2. The van der Waals surface area contributed by atoms with Crippen LogP contribution in [0.15, 0.2) is 18.2 Å². The number of rotatable bonds is 5. The number of nitrogens with one attached hydrogen (secondary N) is 2. The molecule has 0 unspecified atom stereocenters. The smallest absolute Gasteiger partial charge is 0.404 e. The maximum absolute atomic E-state index is 12.1. The predicted octanol–water partition coefficient (Wildman–Crippen LogP) is 1.03. The van der Waals surface area contributed by atoms with Gasteiger partial charge in [-0.2, -0.15) is 0 Å². The second-order valence-corrected chi connectivity index (χ2v) is 4.04. The molecule has 0 saturated carbocycles. The van der Waals surface area contributed by atoms with Gasteiger partial charge in [0.15, 0.2) is 5.75 Å². The highest BCUT2D eigenvalue weighted by atomic mass is 19.4. The molecular formula is C12H14F3N3O3. The quantitative estimate of drug-likeness (QED) is 0.559. The number of anilines is 1. The number of halogens is 3. The fourth-order valence-electron chi connectivity index (χ4n) is 1.42. The number of ether oxygens (including phenoxy) is 1. The largest absolute Gasteiger partial charge is 0.573 e. The zero-order valence-electron chi connectivity index (χ0n) is 11.1. The molecule has 0 aliphatic carbocycles. The van der Waals surface area contributed by atoms with Crippen molar-refractivity contribution in [3.05, 3.63) is 23.8 Å². The Hall–Kier alpha value is -2.45. The molecule has 1 rings (SSSR count). The Labute approximate surface area is 118 Å². The maximum atomic E-state index is 12.1. The average molecular weight is 305 g/mol. The maximum Gasteiger partial charge on any atom is 0.573 e. The number of carbonyl (C=O) groups excluding carboxylic acids is 2. The minimum absolute atomic E-state index is 0.0878. The van der Waals surface area contributed by atoms with E-state index in [-0.39, 0.29) is 30.2 Å². The molecule has 0 fully saturated rings. The Morgan fingerprint density at radius 1 is 1.24 bits per heavy atom. The van der Waals surface area contributed by atoms with Crippen LogP contribution in [0.3, 0.4) is 0 Å². The summed E-state index contributed by atoms with van der Waals surface area (Å²) in [6, 6.07) is 3.20. The van der Waals surface area contributed by atoms with E-state index in [1.165, 1.54) is 6.92 Å². The van der Waals surface area contributed by atoms with Crippen molar-refractivity contribution in [2.45, 2.75) is 13.3 Å². The number of carbonyl (C=O) groups is 2. The third kappa shape index (κ3) is 6.02. The highest BCUT2D eigenvalue weighted by molar-refractivity contribution is 5.95. The zero-order valence-corrected chi connectivity index (χ0v) is 11.1. The van der Waals surface area contributed by atoms with E-state index < -0.39 is 18.0 Å². The molecule has 1 aromatic rings. The van der Waals surface area contributed by atoms with Crippen molar-refractivity contribution in [1.29, 1.82) is 0 Å². The average Bonchev–Trinajstić information content (AvgIpc) is 2.35. The van der Waals surface area contributed by atoms with Crippen LogP contribution < -0.4 is 21.1 Å². The van der Waals surface area contributed by atoms with E-state index in [1.54, 1.807) is 0 Å². The van der Waals surface area contributed by atoms with Crippen molar-refractivity contribution in [3.8, 4) is 5.75 Å². The topological polar surface area (TPSA) is 93.5 Å². The first-order chi connectivity index (χ1) is 9.69. The molecule has 1 aromatic carbocycles. The van der Waals surface area contributed by atoms with Crippen molar-refractivity contribution in [3.63, 3.8) is 0 Å². The van der Waals surface area contributed by atoms with Crippen LogP contribution in [-0.4, -0.2) is 31.3 Å². The number of benzene rings is 1. The Balaban J connectivity index is 2.62. The second-order valence-electron chi connectivity index (χ2n) is 4.04. The molecule has 0 saturated heterocycles. The van der Waals surface area contributed by atoms with E-state index in [0.717, 1.165) is 18.2 Å². The van der Waals surface area contributed by atoms with E-state index in [1.807, 2.05) is 0 Å². The molecule has 9 heteroatoms. The van der Waals surface area contributed by atoms with Crippen LogP contribution in [0.5, 0.6) is 5.75 Å². The first-order valence-corrected chi connectivity index (χ1v) is 5.87. The molecule has 0 radical (unpaired) electrons. The lowest BCUT2D eigenvalue weighted by molar-refractivity contribution is -0.274. The number of nitrogen functional groups attached to an aromatic ring is 1. The van der Waals surface area contributed by atoms with Crippen molar-refractivity contribution >= 4 is 17.5 Å². The summed E-state index contributed by atoms with van der Waals surface area (Å²) in [7, 11) is 0. The lowest BCUT2D eigenvalue weighted by Crippen LogP contribution is -2.33. The van der Waals surface area contributed by atoms with Crippen LogP contribution in [0.4, 0.5) is 18.9 Å². The van der Waals surface area contributed by atoms with Gasteiger partial charge in [0.1, 0.15) is 0 Å². The summed E-state index contributed by atoms with van der Waals surface area (Å²) in [6.07, 6.45) is -4.85. The first-order valence-electron chi connectivity index (χ1n) is 5.87. The lowest BCUT2D eigenvalue weighted by Gasteiger charge is -2.12. The molecule has 6 nitrogen and oxygen atoms in total. The summed E-state index contributed by atoms with van der Waals surface area (Å²) in [5, 5.41) is 4.95. The fraction of sp³-hybridized carbons (Fsp3) is 0.333. The lowest BCUT2D eigenvalue weighted by atomic mass is 10.2. The summed E-state index contributed by atoms with van der Waals surface area (Å²) in [6.45, 7) is 1.76. The molecule has 0 heterocycles. The van der Waals surface area contributed by atoms with Gasteiger partial charge in [-0.05, 0) is 18.2 Å².